The number of rotatable bonds is 3. The van der Waals surface area contributed by atoms with Gasteiger partial charge in [-0.1, -0.05) is 45.0 Å². The molecule has 2 aliphatic heterocycles. The van der Waals surface area contributed by atoms with Gasteiger partial charge in [0.2, 0.25) is 0 Å². The summed E-state index contributed by atoms with van der Waals surface area (Å²) in [6.45, 7) is 11.3. The average Bonchev–Trinajstić information content (AvgIpc) is 2.97. The van der Waals surface area contributed by atoms with Crippen molar-refractivity contribution in [3.8, 4) is 0 Å². The molecule has 0 saturated heterocycles. The lowest BCUT2D eigenvalue weighted by molar-refractivity contribution is 0.117. The molecule has 0 amide bonds. The SMILES string of the molecule is C=CC1(CC)c2ccccc2N2c3ncncc3N(C)C2C1(C)CC. The summed E-state index contributed by atoms with van der Waals surface area (Å²) in [5.74, 6) is 1.00. The Morgan fingerprint density at radius 2 is 1.96 bits per heavy atom. The summed E-state index contributed by atoms with van der Waals surface area (Å²) in [5, 5.41) is 0. The van der Waals surface area contributed by atoms with Gasteiger partial charge in [-0.2, -0.15) is 0 Å². The Kier molecular flexibility index (Phi) is 3.43. The molecule has 4 rings (SSSR count). The Bertz CT molecular complexity index is 832. The third-order valence-corrected chi connectivity index (χ3v) is 6.77. The van der Waals surface area contributed by atoms with E-state index in [4.69, 9.17) is 0 Å². The van der Waals surface area contributed by atoms with Crippen LogP contribution in [0.25, 0.3) is 0 Å². The van der Waals surface area contributed by atoms with E-state index in [1.807, 2.05) is 6.20 Å². The van der Waals surface area contributed by atoms with Crippen molar-refractivity contribution in [2.45, 2.75) is 45.2 Å². The van der Waals surface area contributed by atoms with Crippen LogP contribution >= 0.6 is 0 Å². The normalized spacial score (nSPS) is 29.8. The Morgan fingerprint density at radius 3 is 2.64 bits per heavy atom. The zero-order chi connectivity index (χ0) is 17.8. The minimum absolute atomic E-state index is 0.00664. The van der Waals surface area contributed by atoms with Gasteiger partial charge in [0, 0.05) is 23.6 Å². The highest BCUT2D eigenvalue weighted by molar-refractivity contribution is 5.84. The van der Waals surface area contributed by atoms with Crippen LogP contribution in [0.1, 0.15) is 39.2 Å². The van der Waals surface area contributed by atoms with Crippen molar-refractivity contribution in [1.82, 2.24) is 9.97 Å². The van der Waals surface area contributed by atoms with Gasteiger partial charge >= 0.3 is 0 Å². The van der Waals surface area contributed by atoms with Gasteiger partial charge in [-0.15, -0.1) is 6.58 Å². The van der Waals surface area contributed by atoms with Gasteiger partial charge in [0.05, 0.1) is 6.20 Å². The van der Waals surface area contributed by atoms with Gasteiger partial charge in [0.25, 0.3) is 0 Å². The standard InChI is InChI=1S/C21H26N4/c1-6-20(4)19-24(5)17-13-22-14-23-18(17)25(19)16-12-10-9-11-15(16)21(20,7-2)8-3/h7,9-14,19H,2,6,8H2,1,3-5H3. The second kappa shape index (κ2) is 5.32. The molecule has 4 heteroatoms. The maximum absolute atomic E-state index is 4.64. The van der Waals surface area contributed by atoms with E-state index in [0.29, 0.717) is 0 Å². The fraction of sp³-hybridized carbons (Fsp3) is 0.429. The van der Waals surface area contributed by atoms with Crippen LogP contribution in [0.4, 0.5) is 17.2 Å². The number of hydrogen-bond donors (Lipinski definition) is 0. The third kappa shape index (κ3) is 1.72. The van der Waals surface area contributed by atoms with E-state index in [2.05, 4.69) is 84.5 Å². The van der Waals surface area contributed by atoms with Gasteiger partial charge < -0.3 is 9.80 Å². The summed E-state index contributed by atoms with van der Waals surface area (Å²) in [6, 6.07) is 8.75. The van der Waals surface area contributed by atoms with Crippen molar-refractivity contribution in [2.24, 2.45) is 5.41 Å². The van der Waals surface area contributed by atoms with E-state index in [1.165, 1.54) is 11.3 Å². The molecule has 1 aromatic carbocycles. The molecule has 1 aromatic heterocycles. The highest BCUT2D eigenvalue weighted by Crippen LogP contribution is 2.62. The Labute approximate surface area is 150 Å². The van der Waals surface area contributed by atoms with Crippen LogP contribution in [-0.2, 0) is 5.41 Å². The van der Waals surface area contributed by atoms with Crippen molar-refractivity contribution in [3.63, 3.8) is 0 Å². The second-order valence-electron chi connectivity index (χ2n) is 7.40. The lowest BCUT2D eigenvalue weighted by Crippen LogP contribution is -2.62. The summed E-state index contributed by atoms with van der Waals surface area (Å²) in [4.78, 5) is 13.7. The molecule has 3 atom stereocenters. The van der Waals surface area contributed by atoms with Gasteiger partial charge in [0.15, 0.2) is 5.82 Å². The molecule has 0 fully saturated rings. The smallest absolute Gasteiger partial charge is 0.161 e. The maximum Gasteiger partial charge on any atom is 0.161 e. The number of benzene rings is 1. The van der Waals surface area contributed by atoms with Crippen molar-refractivity contribution < 1.29 is 0 Å². The molecule has 0 aliphatic carbocycles. The minimum Gasteiger partial charge on any atom is -0.349 e. The molecule has 2 aromatic rings. The lowest BCUT2D eigenvalue weighted by atomic mass is 9.54. The molecule has 2 aliphatic rings. The lowest BCUT2D eigenvalue weighted by Gasteiger charge is -2.58. The second-order valence-corrected chi connectivity index (χ2v) is 7.40. The van der Waals surface area contributed by atoms with Crippen molar-refractivity contribution in [3.05, 3.63) is 55.0 Å². The van der Waals surface area contributed by atoms with Crippen molar-refractivity contribution in [1.29, 1.82) is 0 Å². The van der Waals surface area contributed by atoms with Gasteiger partial charge in [-0.05, 0) is 24.5 Å². The van der Waals surface area contributed by atoms with Crippen molar-refractivity contribution in [2.75, 3.05) is 16.8 Å². The van der Waals surface area contributed by atoms with Crippen LogP contribution in [0.5, 0.6) is 0 Å². The number of anilines is 3. The van der Waals surface area contributed by atoms with Crippen LogP contribution in [0.15, 0.2) is 49.4 Å². The first kappa shape index (κ1) is 16.1. The molecule has 3 heterocycles. The number of hydrogen-bond acceptors (Lipinski definition) is 4. The zero-order valence-corrected chi connectivity index (χ0v) is 15.5. The largest absolute Gasteiger partial charge is 0.349 e. The number of allylic oxidation sites excluding steroid dienone is 1. The molecule has 4 nitrogen and oxygen atoms in total. The predicted molar refractivity (Wildman–Crippen MR) is 103 cm³/mol. The molecular formula is C21H26N4. The molecule has 0 bridgehead atoms. The first-order valence-corrected chi connectivity index (χ1v) is 9.11. The predicted octanol–water partition coefficient (Wildman–Crippen LogP) is 4.65. The summed E-state index contributed by atoms with van der Waals surface area (Å²) in [7, 11) is 2.16. The van der Waals surface area contributed by atoms with Gasteiger partial charge in [-0.3, -0.25) is 0 Å². The van der Waals surface area contributed by atoms with Crippen LogP contribution in [0.3, 0.4) is 0 Å². The average molecular weight is 334 g/mol. The monoisotopic (exact) mass is 334 g/mol. The first-order valence-electron chi connectivity index (χ1n) is 9.11. The van der Waals surface area contributed by atoms with E-state index in [0.717, 1.165) is 24.3 Å². The van der Waals surface area contributed by atoms with E-state index >= 15 is 0 Å². The van der Waals surface area contributed by atoms with Crippen LogP contribution in [0.2, 0.25) is 0 Å². The minimum atomic E-state index is -0.0801. The van der Waals surface area contributed by atoms with E-state index in [1.54, 1.807) is 6.33 Å². The number of nitrogens with zero attached hydrogens (tertiary/aromatic N) is 4. The molecule has 0 saturated carbocycles. The van der Waals surface area contributed by atoms with Gasteiger partial charge in [0.1, 0.15) is 18.2 Å². The maximum atomic E-state index is 4.64. The summed E-state index contributed by atoms with van der Waals surface area (Å²) in [5.41, 5.74) is 3.60. The molecule has 0 N–H and O–H groups in total. The topological polar surface area (TPSA) is 32.3 Å². The van der Waals surface area contributed by atoms with E-state index in [-0.39, 0.29) is 17.0 Å². The summed E-state index contributed by atoms with van der Waals surface area (Å²) < 4.78 is 0. The molecule has 25 heavy (non-hydrogen) atoms. The third-order valence-electron chi connectivity index (χ3n) is 6.77. The number of para-hydroxylation sites is 1. The molecule has 0 spiro atoms. The van der Waals surface area contributed by atoms with Crippen molar-refractivity contribution >= 4 is 17.2 Å². The van der Waals surface area contributed by atoms with Crippen LogP contribution in [0, 0.1) is 5.41 Å². The number of fused-ring (bicyclic) bond motifs is 5. The van der Waals surface area contributed by atoms with Gasteiger partial charge in [-0.25, -0.2) is 9.97 Å². The molecule has 130 valence electrons. The molecule has 3 unspecified atom stereocenters. The molecule has 0 radical (unpaired) electrons. The Hall–Kier alpha value is -2.36. The highest BCUT2D eigenvalue weighted by atomic mass is 15.5. The Morgan fingerprint density at radius 1 is 1.20 bits per heavy atom. The zero-order valence-electron chi connectivity index (χ0n) is 15.5. The summed E-state index contributed by atoms with van der Waals surface area (Å²) >= 11 is 0. The Balaban J connectivity index is 2.09. The number of aromatic nitrogens is 2. The first-order chi connectivity index (χ1) is 12.1. The highest BCUT2D eigenvalue weighted by Gasteiger charge is 2.60. The van der Waals surface area contributed by atoms with Crippen LogP contribution in [-0.4, -0.2) is 23.2 Å². The fourth-order valence-corrected chi connectivity index (χ4v) is 5.31. The van der Waals surface area contributed by atoms with E-state index in [9.17, 15) is 0 Å². The fourth-order valence-electron chi connectivity index (χ4n) is 5.31. The molecular weight excluding hydrogens is 308 g/mol. The van der Waals surface area contributed by atoms with Crippen LogP contribution < -0.4 is 9.80 Å². The van der Waals surface area contributed by atoms with E-state index < -0.39 is 0 Å². The quantitative estimate of drug-likeness (QED) is 0.765. The summed E-state index contributed by atoms with van der Waals surface area (Å²) in [6.07, 6.45) is 8.04.